The highest BCUT2D eigenvalue weighted by molar-refractivity contribution is 6.31. The second-order valence-electron chi connectivity index (χ2n) is 3.12. The molecule has 1 amide bonds. The molecule has 0 radical (unpaired) electrons. The number of hydrogen-bond donors (Lipinski definition) is 1. The smallest absolute Gasteiger partial charge is 0.406 e. The third-order valence-corrected chi connectivity index (χ3v) is 2.50. The van der Waals surface area contributed by atoms with E-state index in [2.05, 4.69) is 10.1 Å². The molecular formula is C11H14ClNO3. The van der Waals surface area contributed by atoms with Gasteiger partial charge in [-0.3, -0.25) is 0 Å². The van der Waals surface area contributed by atoms with Crippen LogP contribution in [0.15, 0.2) is 24.3 Å². The Morgan fingerprint density at radius 1 is 1.44 bits per heavy atom. The molecule has 1 unspecified atom stereocenters. The second kappa shape index (κ2) is 6.35. The lowest BCUT2D eigenvalue weighted by atomic mass is 10.1. The first-order chi connectivity index (χ1) is 7.69. The van der Waals surface area contributed by atoms with E-state index in [9.17, 15) is 4.79 Å². The highest BCUT2D eigenvalue weighted by Gasteiger charge is 2.14. The van der Waals surface area contributed by atoms with Gasteiger partial charge in [-0.15, -0.1) is 0 Å². The Morgan fingerprint density at radius 3 is 2.69 bits per heavy atom. The van der Waals surface area contributed by atoms with Crippen molar-refractivity contribution in [3.05, 3.63) is 34.9 Å². The maximum Gasteiger partial charge on any atom is 0.406 e. The first-order valence-electron chi connectivity index (χ1n) is 4.78. The van der Waals surface area contributed by atoms with Crippen LogP contribution in [0.4, 0.5) is 4.79 Å². The fourth-order valence-corrected chi connectivity index (χ4v) is 1.56. The fraction of sp³-hybridized carbons (Fsp3) is 0.364. The summed E-state index contributed by atoms with van der Waals surface area (Å²) < 4.78 is 9.73. The molecule has 88 valence electrons. The minimum atomic E-state index is -0.492. The van der Waals surface area contributed by atoms with Crippen molar-refractivity contribution in [3.63, 3.8) is 0 Å². The molecule has 0 aliphatic heterocycles. The number of nitrogens with one attached hydrogen (secondary N) is 1. The third-order valence-electron chi connectivity index (χ3n) is 2.15. The number of halogens is 1. The van der Waals surface area contributed by atoms with Gasteiger partial charge in [-0.2, -0.15) is 0 Å². The Balaban J connectivity index is 2.68. The quantitative estimate of drug-likeness (QED) is 0.883. The summed E-state index contributed by atoms with van der Waals surface area (Å²) in [6.07, 6.45) is -0.776. The zero-order valence-electron chi connectivity index (χ0n) is 9.20. The van der Waals surface area contributed by atoms with Crippen molar-refractivity contribution in [2.45, 2.75) is 6.10 Å². The van der Waals surface area contributed by atoms with Crippen molar-refractivity contribution in [1.29, 1.82) is 0 Å². The number of carbonyl (C=O) groups is 1. The summed E-state index contributed by atoms with van der Waals surface area (Å²) in [7, 11) is 2.87. The molecule has 0 aliphatic carbocycles. The Hall–Kier alpha value is -1.26. The van der Waals surface area contributed by atoms with Crippen molar-refractivity contribution < 1.29 is 14.3 Å². The molecule has 0 fully saturated rings. The van der Waals surface area contributed by atoms with E-state index in [1.807, 2.05) is 18.2 Å². The van der Waals surface area contributed by atoms with Gasteiger partial charge in [0.2, 0.25) is 0 Å². The highest BCUT2D eigenvalue weighted by atomic mass is 35.5. The SMILES string of the molecule is COC(=O)NCC(OC)c1ccccc1Cl. The van der Waals surface area contributed by atoms with E-state index in [0.29, 0.717) is 11.6 Å². The molecule has 0 heterocycles. The highest BCUT2D eigenvalue weighted by Crippen LogP contribution is 2.24. The molecule has 0 bridgehead atoms. The Labute approximate surface area is 99.5 Å². The van der Waals surface area contributed by atoms with Crippen LogP contribution in [0.1, 0.15) is 11.7 Å². The predicted molar refractivity (Wildman–Crippen MR) is 61.6 cm³/mol. The van der Waals surface area contributed by atoms with Gasteiger partial charge >= 0.3 is 6.09 Å². The number of benzene rings is 1. The first-order valence-corrected chi connectivity index (χ1v) is 5.16. The lowest BCUT2D eigenvalue weighted by molar-refractivity contribution is 0.0982. The van der Waals surface area contributed by atoms with Gasteiger partial charge in [0, 0.05) is 17.7 Å². The molecule has 16 heavy (non-hydrogen) atoms. The normalized spacial score (nSPS) is 11.9. The van der Waals surface area contributed by atoms with Gasteiger partial charge in [0.15, 0.2) is 0 Å². The second-order valence-corrected chi connectivity index (χ2v) is 3.53. The summed E-state index contributed by atoms with van der Waals surface area (Å²) in [5.41, 5.74) is 0.836. The molecule has 0 aromatic heterocycles. The van der Waals surface area contributed by atoms with E-state index in [1.54, 1.807) is 13.2 Å². The van der Waals surface area contributed by atoms with Gasteiger partial charge in [0.25, 0.3) is 0 Å². The molecule has 1 N–H and O–H groups in total. The largest absolute Gasteiger partial charge is 0.453 e. The van der Waals surface area contributed by atoms with Gasteiger partial charge in [0.1, 0.15) is 6.10 Å². The van der Waals surface area contributed by atoms with E-state index in [4.69, 9.17) is 16.3 Å². The van der Waals surface area contributed by atoms with E-state index < -0.39 is 6.09 Å². The summed E-state index contributed by atoms with van der Waals surface area (Å²) in [6.45, 7) is 0.312. The monoisotopic (exact) mass is 243 g/mol. The maximum atomic E-state index is 10.9. The van der Waals surface area contributed by atoms with Gasteiger partial charge in [0.05, 0.1) is 13.7 Å². The van der Waals surface area contributed by atoms with Gasteiger partial charge < -0.3 is 14.8 Å². The van der Waals surface area contributed by atoms with Crippen molar-refractivity contribution in [3.8, 4) is 0 Å². The van der Waals surface area contributed by atoms with Crippen LogP contribution in [-0.4, -0.2) is 26.9 Å². The summed E-state index contributed by atoms with van der Waals surface area (Å²) >= 11 is 6.02. The van der Waals surface area contributed by atoms with Crippen LogP contribution >= 0.6 is 11.6 Å². The van der Waals surface area contributed by atoms with Crippen LogP contribution in [-0.2, 0) is 9.47 Å². The molecule has 1 aromatic rings. The first kappa shape index (κ1) is 12.8. The lowest BCUT2D eigenvalue weighted by Crippen LogP contribution is -2.28. The summed E-state index contributed by atoms with van der Waals surface area (Å²) in [4.78, 5) is 10.9. The number of hydrogen-bond acceptors (Lipinski definition) is 3. The zero-order chi connectivity index (χ0) is 12.0. The average molecular weight is 244 g/mol. The maximum absolute atomic E-state index is 10.9. The summed E-state index contributed by atoms with van der Waals surface area (Å²) in [5.74, 6) is 0. The number of amides is 1. The minimum Gasteiger partial charge on any atom is -0.453 e. The van der Waals surface area contributed by atoms with Gasteiger partial charge in [-0.1, -0.05) is 29.8 Å². The number of rotatable bonds is 4. The lowest BCUT2D eigenvalue weighted by Gasteiger charge is -2.17. The van der Waals surface area contributed by atoms with E-state index in [-0.39, 0.29) is 6.10 Å². The molecule has 1 aromatic carbocycles. The summed E-state index contributed by atoms with van der Waals surface area (Å²) in [5, 5.41) is 3.18. The number of ether oxygens (including phenoxy) is 2. The molecule has 1 rings (SSSR count). The van der Waals surface area contributed by atoms with Crippen molar-refractivity contribution in [2.75, 3.05) is 20.8 Å². The van der Waals surface area contributed by atoms with Crippen molar-refractivity contribution in [1.82, 2.24) is 5.32 Å². The average Bonchev–Trinajstić information content (AvgIpc) is 2.31. The topological polar surface area (TPSA) is 47.6 Å². The van der Waals surface area contributed by atoms with Gasteiger partial charge in [-0.25, -0.2) is 4.79 Å². The number of methoxy groups -OCH3 is 2. The Kier molecular flexibility index (Phi) is 5.08. The van der Waals surface area contributed by atoms with Crippen molar-refractivity contribution in [2.24, 2.45) is 0 Å². The van der Waals surface area contributed by atoms with Crippen LogP contribution in [0.5, 0.6) is 0 Å². The van der Waals surface area contributed by atoms with E-state index >= 15 is 0 Å². The van der Waals surface area contributed by atoms with Crippen LogP contribution in [0.3, 0.4) is 0 Å². The van der Waals surface area contributed by atoms with E-state index in [0.717, 1.165) is 5.56 Å². The van der Waals surface area contributed by atoms with Crippen molar-refractivity contribution >= 4 is 17.7 Å². The molecule has 0 aliphatic rings. The predicted octanol–water partition coefficient (Wildman–Crippen LogP) is 2.38. The van der Waals surface area contributed by atoms with Crippen LogP contribution < -0.4 is 5.32 Å². The van der Waals surface area contributed by atoms with E-state index in [1.165, 1.54) is 7.11 Å². The number of alkyl carbamates (subject to hydrolysis) is 1. The molecular weight excluding hydrogens is 230 g/mol. The molecule has 0 spiro atoms. The standard InChI is InChI=1S/C11H14ClNO3/c1-15-10(7-13-11(14)16-2)8-5-3-4-6-9(8)12/h3-6,10H,7H2,1-2H3,(H,13,14). The fourth-order valence-electron chi connectivity index (χ4n) is 1.30. The molecule has 5 heteroatoms. The van der Waals surface area contributed by atoms with Gasteiger partial charge in [-0.05, 0) is 6.07 Å². The molecule has 4 nitrogen and oxygen atoms in total. The molecule has 0 saturated carbocycles. The Bertz CT molecular complexity index is 357. The Morgan fingerprint density at radius 2 is 2.12 bits per heavy atom. The van der Waals surface area contributed by atoms with Crippen LogP contribution in [0.2, 0.25) is 5.02 Å². The third kappa shape index (κ3) is 3.40. The number of carbonyl (C=O) groups excluding carboxylic acids is 1. The minimum absolute atomic E-state index is 0.284. The molecule has 1 atom stereocenters. The van der Waals surface area contributed by atoms with Crippen LogP contribution in [0.25, 0.3) is 0 Å². The van der Waals surface area contributed by atoms with Crippen LogP contribution in [0, 0.1) is 0 Å². The zero-order valence-corrected chi connectivity index (χ0v) is 9.95. The summed E-state index contributed by atoms with van der Waals surface area (Å²) in [6, 6.07) is 7.34. The molecule has 0 saturated heterocycles.